The second-order valence-corrected chi connectivity index (χ2v) is 9.31. The summed E-state index contributed by atoms with van der Waals surface area (Å²) in [5, 5.41) is 8.20. The molecule has 0 spiro atoms. The fourth-order valence-electron chi connectivity index (χ4n) is 3.15. The van der Waals surface area contributed by atoms with Crippen LogP contribution in [0.25, 0.3) is 5.69 Å². The number of rotatable bonds is 7. The van der Waals surface area contributed by atoms with Gasteiger partial charge in [0.25, 0.3) is 0 Å². The van der Waals surface area contributed by atoms with E-state index in [1.54, 1.807) is 43.1 Å². The van der Waals surface area contributed by atoms with Crippen LogP contribution < -0.4 is 10.1 Å². The Morgan fingerprint density at radius 3 is 2.30 bits per heavy atom. The van der Waals surface area contributed by atoms with E-state index in [9.17, 15) is 9.59 Å². The van der Waals surface area contributed by atoms with E-state index >= 15 is 0 Å². The molecule has 2 amide bonds. The van der Waals surface area contributed by atoms with Crippen LogP contribution in [0.3, 0.4) is 0 Å². The van der Waals surface area contributed by atoms with E-state index in [-0.39, 0.29) is 30.2 Å². The zero-order valence-electron chi connectivity index (χ0n) is 19.6. The van der Waals surface area contributed by atoms with Crippen molar-refractivity contribution in [2.75, 3.05) is 26.0 Å². The standard InChI is InChI=1S/C25H29ClN4O3/c1-25(2,3)21-15-22(30(28-21)19-10-8-18(26)9-11-19)27-23(31)16-29(4)24(32)14-17-6-12-20(33-5)13-7-17/h6-13,15H,14,16H2,1-5H3,(H,27,31). The van der Waals surface area contributed by atoms with Crippen molar-refractivity contribution in [1.29, 1.82) is 0 Å². The van der Waals surface area contributed by atoms with E-state index in [0.29, 0.717) is 10.8 Å². The number of ether oxygens (including phenoxy) is 1. The fraction of sp³-hybridized carbons (Fsp3) is 0.320. The summed E-state index contributed by atoms with van der Waals surface area (Å²) in [7, 11) is 3.21. The Bertz CT molecular complexity index is 1120. The lowest BCUT2D eigenvalue weighted by atomic mass is 9.92. The second-order valence-electron chi connectivity index (χ2n) is 8.88. The van der Waals surface area contributed by atoms with Gasteiger partial charge in [0.2, 0.25) is 11.8 Å². The molecule has 0 aliphatic rings. The monoisotopic (exact) mass is 468 g/mol. The van der Waals surface area contributed by atoms with Crippen LogP contribution >= 0.6 is 11.6 Å². The van der Waals surface area contributed by atoms with Gasteiger partial charge in [-0.1, -0.05) is 44.5 Å². The van der Waals surface area contributed by atoms with E-state index in [2.05, 4.69) is 31.2 Å². The number of carbonyl (C=O) groups excluding carboxylic acids is 2. The predicted octanol–water partition coefficient (Wildman–Crippen LogP) is 4.47. The Balaban J connectivity index is 1.71. The molecule has 0 saturated carbocycles. The number of benzene rings is 2. The number of methoxy groups -OCH3 is 1. The van der Waals surface area contributed by atoms with Crippen molar-refractivity contribution in [3.05, 3.63) is 70.9 Å². The van der Waals surface area contributed by atoms with Gasteiger partial charge in [-0.2, -0.15) is 5.10 Å². The Kier molecular flexibility index (Phi) is 7.43. The highest BCUT2D eigenvalue weighted by atomic mass is 35.5. The summed E-state index contributed by atoms with van der Waals surface area (Å²) in [5.74, 6) is 0.794. The first-order chi connectivity index (χ1) is 15.6. The zero-order valence-corrected chi connectivity index (χ0v) is 20.3. The minimum Gasteiger partial charge on any atom is -0.497 e. The van der Waals surface area contributed by atoms with Crippen molar-refractivity contribution in [2.24, 2.45) is 0 Å². The maximum absolute atomic E-state index is 12.8. The van der Waals surface area contributed by atoms with Crippen LogP contribution in [0.5, 0.6) is 5.75 Å². The molecule has 0 unspecified atom stereocenters. The third kappa shape index (κ3) is 6.35. The molecule has 1 aromatic heterocycles. The Morgan fingerprint density at radius 2 is 1.73 bits per heavy atom. The summed E-state index contributed by atoms with van der Waals surface area (Å²) in [6.07, 6.45) is 0.199. The number of aromatic nitrogens is 2. The average Bonchev–Trinajstić information content (AvgIpc) is 3.18. The molecule has 0 saturated heterocycles. The third-order valence-corrected chi connectivity index (χ3v) is 5.39. The summed E-state index contributed by atoms with van der Waals surface area (Å²) in [4.78, 5) is 26.8. The highest BCUT2D eigenvalue weighted by molar-refractivity contribution is 6.30. The van der Waals surface area contributed by atoms with Crippen LogP contribution in [0.1, 0.15) is 32.0 Å². The number of amides is 2. The van der Waals surface area contributed by atoms with E-state index in [4.69, 9.17) is 16.3 Å². The Hall–Kier alpha value is -3.32. The molecule has 3 aromatic rings. The molecular formula is C25H29ClN4O3. The van der Waals surface area contributed by atoms with Gasteiger partial charge in [0, 0.05) is 23.6 Å². The first-order valence-corrected chi connectivity index (χ1v) is 11.0. The number of carbonyl (C=O) groups is 2. The molecule has 0 fully saturated rings. The number of nitrogens with zero attached hydrogens (tertiary/aromatic N) is 3. The van der Waals surface area contributed by atoms with Gasteiger partial charge < -0.3 is 15.0 Å². The van der Waals surface area contributed by atoms with Crippen LogP contribution in [-0.2, 0) is 21.4 Å². The highest BCUT2D eigenvalue weighted by Gasteiger charge is 2.22. The molecule has 8 heteroatoms. The smallest absolute Gasteiger partial charge is 0.245 e. The maximum atomic E-state index is 12.8. The lowest BCUT2D eigenvalue weighted by Gasteiger charge is -2.17. The van der Waals surface area contributed by atoms with Crippen molar-refractivity contribution in [1.82, 2.24) is 14.7 Å². The molecule has 0 radical (unpaired) electrons. The van der Waals surface area contributed by atoms with E-state index in [1.807, 2.05) is 30.3 Å². The minimum atomic E-state index is -0.309. The maximum Gasteiger partial charge on any atom is 0.245 e. The van der Waals surface area contributed by atoms with Gasteiger partial charge in [-0.3, -0.25) is 9.59 Å². The minimum absolute atomic E-state index is 0.0777. The lowest BCUT2D eigenvalue weighted by molar-refractivity contribution is -0.132. The molecular weight excluding hydrogens is 440 g/mol. The topological polar surface area (TPSA) is 76.5 Å². The number of hydrogen-bond acceptors (Lipinski definition) is 4. The molecule has 2 aromatic carbocycles. The van der Waals surface area contributed by atoms with E-state index < -0.39 is 0 Å². The number of hydrogen-bond donors (Lipinski definition) is 1. The number of likely N-dealkylation sites (N-methyl/N-ethyl adjacent to an activating group) is 1. The van der Waals surface area contributed by atoms with Crippen molar-refractivity contribution in [2.45, 2.75) is 32.6 Å². The van der Waals surface area contributed by atoms with Gasteiger partial charge in [-0.05, 0) is 42.0 Å². The van der Waals surface area contributed by atoms with Crippen LogP contribution in [0, 0.1) is 0 Å². The normalized spacial score (nSPS) is 11.2. The summed E-state index contributed by atoms with van der Waals surface area (Å²) in [5.41, 5.74) is 2.25. The molecule has 174 valence electrons. The molecule has 0 aliphatic heterocycles. The predicted molar refractivity (Wildman–Crippen MR) is 130 cm³/mol. The molecule has 7 nitrogen and oxygen atoms in total. The van der Waals surface area contributed by atoms with E-state index in [1.165, 1.54) is 4.90 Å². The Labute approximate surface area is 199 Å². The SMILES string of the molecule is COc1ccc(CC(=O)N(C)CC(=O)Nc2cc(C(C)(C)C)nn2-c2ccc(Cl)cc2)cc1. The second kappa shape index (κ2) is 10.1. The Morgan fingerprint density at radius 1 is 1.09 bits per heavy atom. The van der Waals surface area contributed by atoms with Crippen molar-refractivity contribution in [3.8, 4) is 11.4 Å². The van der Waals surface area contributed by atoms with Crippen molar-refractivity contribution >= 4 is 29.2 Å². The molecule has 1 heterocycles. The van der Waals surface area contributed by atoms with Gasteiger partial charge in [0.1, 0.15) is 11.6 Å². The van der Waals surface area contributed by atoms with Crippen molar-refractivity contribution in [3.63, 3.8) is 0 Å². The highest BCUT2D eigenvalue weighted by Crippen LogP contribution is 2.27. The van der Waals surface area contributed by atoms with E-state index in [0.717, 1.165) is 22.7 Å². The van der Waals surface area contributed by atoms with Gasteiger partial charge in [-0.25, -0.2) is 4.68 Å². The van der Waals surface area contributed by atoms with Gasteiger partial charge in [0.15, 0.2) is 0 Å². The average molecular weight is 469 g/mol. The first kappa shape index (κ1) is 24.3. The third-order valence-electron chi connectivity index (χ3n) is 5.14. The first-order valence-electron chi connectivity index (χ1n) is 10.6. The largest absolute Gasteiger partial charge is 0.497 e. The van der Waals surface area contributed by atoms with Crippen LogP contribution in [-0.4, -0.2) is 47.2 Å². The molecule has 0 aliphatic carbocycles. The molecule has 3 rings (SSSR count). The molecule has 0 atom stereocenters. The zero-order chi connectivity index (χ0) is 24.2. The summed E-state index contributed by atoms with van der Waals surface area (Å²) >= 11 is 6.02. The van der Waals surface area contributed by atoms with Crippen molar-refractivity contribution < 1.29 is 14.3 Å². The molecule has 33 heavy (non-hydrogen) atoms. The summed E-state index contributed by atoms with van der Waals surface area (Å²) < 4.78 is 6.81. The molecule has 1 N–H and O–H groups in total. The van der Waals surface area contributed by atoms with Crippen LogP contribution in [0.4, 0.5) is 5.82 Å². The van der Waals surface area contributed by atoms with Gasteiger partial charge >= 0.3 is 0 Å². The lowest BCUT2D eigenvalue weighted by Crippen LogP contribution is -2.36. The number of halogens is 1. The van der Waals surface area contributed by atoms with Crippen LogP contribution in [0.2, 0.25) is 5.02 Å². The number of nitrogens with one attached hydrogen (secondary N) is 1. The van der Waals surface area contributed by atoms with Gasteiger partial charge in [0.05, 0.1) is 31.5 Å². The fourth-order valence-corrected chi connectivity index (χ4v) is 3.28. The van der Waals surface area contributed by atoms with Crippen LogP contribution in [0.15, 0.2) is 54.6 Å². The molecule has 0 bridgehead atoms. The quantitative estimate of drug-likeness (QED) is 0.555. The summed E-state index contributed by atoms with van der Waals surface area (Å²) in [6, 6.07) is 16.3. The van der Waals surface area contributed by atoms with Gasteiger partial charge in [-0.15, -0.1) is 0 Å². The number of anilines is 1. The summed E-state index contributed by atoms with van der Waals surface area (Å²) in [6.45, 7) is 6.09.